The quantitative estimate of drug-likeness (QED) is 0.701. The lowest BCUT2D eigenvalue weighted by atomic mass is 9.72. The Morgan fingerprint density at radius 1 is 1.33 bits per heavy atom. The van der Waals surface area contributed by atoms with E-state index < -0.39 is 5.41 Å². The Hall–Kier alpha value is -1.17. The maximum Gasteiger partial charge on any atom is 0.239 e. The van der Waals surface area contributed by atoms with Crippen LogP contribution in [0, 0.1) is 5.41 Å². The van der Waals surface area contributed by atoms with E-state index in [2.05, 4.69) is 5.32 Å². The zero-order valence-electron chi connectivity index (χ0n) is 10.4. The molecular weight excluding hydrogens is 250 g/mol. The molecule has 1 heterocycles. The second-order valence-corrected chi connectivity index (χ2v) is 5.52. The number of rotatable bonds is 2. The van der Waals surface area contributed by atoms with Gasteiger partial charge < -0.3 is 16.0 Å². The molecule has 6 heteroatoms. The third-order valence-corrected chi connectivity index (χ3v) is 4.30. The van der Waals surface area contributed by atoms with Crippen LogP contribution in [0.2, 0.25) is 0 Å². The molecule has 100 valence electrons. The molecule has 1 aliphatic heterocycles. The lowest BCUT2D eigenvalue weighted by Gasteiger charge is -2.40. The minimum atomic E-state index is -0.703. The lowest BCUT2D eigenvalue weighted by molar-refractivity contribution is -0.144. The van der Waals surface area contributed by atoms with Gasteiger partial charge in [0.15, 0.2) is 0 Å². The van der Waals surface area contributed by atoms with Crippen LogP contribution in [0.4, 0.5) is 0 Å². The average molecular weight is 269 g/mol. The first kappa shape index (κ1) is 13.3. The van der Waals surface area contributed by atoms with Gasteiger partial charge in [-0.05, 0) is 12.8 Å². The van der Waals surface area contributed by atoms with Crippen LogP contribution in [0.15, 0.2) is 0 Å². The number of hydrogen-bond donors (Lipinski definition) is 2. The third kappa shape index (κ3) is 2.34. The van der Waals surface area contributed by atoms with Crippen LogP contribution in [-0.2, 0) is 9.59 Å². The van der Waals surface area contributed by atoms with Gasteiger partial charge in [-0.3, -0.25) is 9.59 Å². The highest BCUT2D eigenvalue weighted by Gasteiger charge is 2.45. The van der Waals surface area contributed by atoms with Crippen molar-refractivity contribution in [2.45, 2.75) is 32.1 Å². The standard InChI is InChI=1S/C12H19N3O2S/c13-10(18)12(4-2-1-3-5-12)11(17)15-7-6-14-9(16)8-15/h1-8H2,(H2,13,18)(H,14,16). The molecule has 2 fully saturated rings. The number of nitrogens with zero attached hydrogens (tertiary/aromatic N) is 1. The summed E-state index contributed by atoms with van der Waals surface area (Å²) in [6.45, 7) is 1.19. The second kappa shape index (κ2) is 5.22. The first-order valence-corrected chi connectivity index (χ1v) is 6.83. The summed E-state index contributed by atoms with van der Waals surface area (Å²) < 4.78 is 0. The molecule has 0 unspecified atom stereocenters. The molecule has 18 heavy (non-hydrogen) atoms. The number of nitrogens with one attached hydrogen (secondary N) is 1. The van der Waals surface area contributed by atoms with E-state index in [9.17, 15) is 9.59 Å². The Morgan fingerprint density at radius 2 is 2.00 bits per heavy atom. The van der Waals surface area contributed by atoms with Crippen molar-refractivity contribution < 1.29 is 9.59 Å². The van der Waals surface area contributed by atoms with E-state index in [0.29, 0.717) is 13.1 Å². The molecule has 2 amide bonds. The van der Waals surface area contributed by atoms with Crippen molar-refractivity contribution in [1.29, 1.82) is 0 Å². The summed E-state index contributed by atoms with van der Waals surface area (Å²) in [5.41, 5.74) is 5.12. The van der Waals surface area contributed by atoms with Crippen LogP contribution in [0.3, 0.4) is 0 Å². The van der Waals surface area contributed by atoms with Crippen molar-refractivity contribution in [2.75, 3.05) is 19.6 Å². The molecule has 0 atom stereocenters. The van der Waals surface area contributed by atoms with Crippen molar-refractivity contribution in [3.8, 4) is 0 Å². The van der Waals surface area contributed by atoms with E-state index in [1.165, 1.54) is 0 Å². The molecule has 0 bridgehead atoms. The molecule has 5 nitrogen and oxygen atoms in total. The highest BCUT2D eigenvalue weighted by atomic mass is 32.1. The Kier molecular flexibility index (Phi) is 3.85. The Balaban J connectivity index is 2.17. The van der Waals surface area contributed by atoms with E-state index in [0.717, 1.165) is 32.1 Å². The first-order valence-electron chi connectivity index (χ1n) is 6.42. The van der Waals surface area contributed by atoms with Gasteiger partial charge in [-0.1, -0.05) is 31.5 Å². The number of carbonyl (C=O) groups excluding carboxylic acids is 2. The van der Waals surface area contributed by atoms with Crippen molar-refractivity contribution >= 4 is 29.0 Å². The molecule has 0 radical (unpaired) electrons. The second-order valence-electron chi connectivity index (χ2n) is 5.08. The van der Waals surface area contributed by atoms with Crippen LogP contribution in [0.1, 0.15) is 32.1 Å². The van der Waals surface area contributed by atoms with E-state index in [4.69, 9.17) is 18.0 Å². The fourth-order valence-electron chi connectivity index (χ4n) is 2.84. The SMILES string of the molecule is NC(=S)C1(C(=O)N2CCNC(=O)C2)CCCCC1. The predicted molar refractivity (Wildman–Crippen MR) is 71.9 cm³/mol. The van der Waals surface area contributed by atoms with Crippen molar-refractivity contribution in [2.24, 2.45) is 11.1 Å². The van der Waals surface area contributed by atoms with Gasteiger partial charge in [-0.15, -0.1) is 0 Å². The molecule has 0 aromatic rings. The Bertz CT molecular complexity index is 378. The number of carbonyl (C=O) groups is 2. The van der Waals surface area contributed by atoms with Gasteiger partial charge in [0, 0.05) is 13.1 Å². The van der Waals surface area contributed by atoms with Gasteiger partial charge in [0.1, 0.15) is 0 Å². The van der Waals surface area contributed by atoms with Crippen LogP contribution in [0.5, 0.6) is 0 Å². The lowest BCUT2D eigenvalue weighted by Crippen LogP contribution is -2.57. The summed E-state index contributed by atoms with van der Waals surface area (Å²) >= 11 is 5.13. The summed E-state index contributed by atoms with van der Waals surface area (Å²) in [7, 11) is 0. The zero-order valence-corrected chi connectivity index (χ0v) is 11.2. The number of amides is 2. The van der Waals surface area contributed by atoms with E-state index >= 15 is 0 Å². The van der Waals surface area contributed by atoms with Crippen LogP contribution in [-0.4, -0.2) is 41.3 Å². The molecule has 3 N–H and O–H groups in total. The Morgan fingerprint density at radius 3 is 2.56 bits per heavy atom. The van der Waals surface area contributed by atoms with Crippen molar-refractivity contribution in [1.82, 2.24) is 10.2 Å². The molecule has 1 aliphatic carbocycles. The smallest absolute Gasteiger partial charge is 0.239 e. The number of thiocarbonyl (C=S) groups is 1. The first-order chi connectivity index (χ1) is 8.56. The zero-order chi connectivity index (χ0) is 13.2. The van der Waals surface area contributed by atoms with Crippen LogP contribution >= 0.6 is 12.2 Å². The van der Waals surface area contributed by atoms with E-state index in [-0.39, 0.29) is 23.3 Å². The Labute approximate surface area is 112 Å². The molecule has 2 aliphatic rings. The maximum atomic E-state index is 12.6. The maximum absolute atomic E-state index is 12.6. The molecule has 2 rings (SSSR count). The minimum Gasteiger partial charge on any atom is -0.392 e. The fraction of sp³-hybridized carbons (Fsp3) is 0.750. The highest BCUT2D eigenvalue weighted by Crippen LogP contribution is 2.38. The van der Waals surface area contributed by atoms with Gasteiger partial charge in [-0.25, -0.2) is 0 Å². The van der Waals surface area contributed by atoms with Crippen molar-refractivity contribution in [3.63, 3.8) is 0 Å². The van der Waals surface area contributed by atoms with Crippen molar-refractivity contribution in [3.05, 3.63) is 0 Å². The van der Waals surface area contributed by atoms with Gasteiger partial charge in [0.25, 0.3) is 0 Å². The third-order valence-electron chi connectivity index (χ3n) is 3.91. The predicted octanol–water partition coefficient (Wildman–Crippen LogP) is 0.181. The molecule has 1 saturated carbocycles. The van der Waals surface area contributed by atoms with E-state index in [1.807, 2.05) is 0 Å². The molecule has 0 aromatic carbocycles. The minimum absolute atomic E-state index is 0.0513. The van der Waals surface area contributed by atoms with Gasteiger partial charge in [0.2, 0.25) is 11.8 Å². The van der Waals surface area contributed by atoms with Gasteiger partial charge >= 0.3 is 0 Å². The number of piperazine rings is 1. The number of nitrogens with two attached hydrogens (primary N) is 1. The summed E-state index contributed by atoms with van der Waals surface area (Å²) in [5, 5.41) is 2.71. The molecule has 0 spiro atoms. The summed E-state index contributed by atoms with van der Waals surface area (Å²) in [6.07, 6.45) is 4.52. The monoisotopic (exact) mass is 269 g/mol. The summed E-state index contributed by atoms with van der Waals surface area (Å²) in [5.74, 6) is -0.159. The topological polar surface area (TPSA) is 75.4 Å². The largest absolute Gasteiger partial charge is 0.392 e. The normalized spacial score (nSPS) is 23.3. The van der Waals surface area contributed by atoms with Gasteiger partial charge in [-0.2, -0.15) is 0 Å². The molecular formula is C12H19N3O2S. The molecule has 0 aromatic heterocycles. The van der Waals surface area contributed by atoms with Crippen LogP contribution < -0.4 is 11.1 Å². The average Bonchev–Trinajstić information content (AvgIpc) is 2.38. The fourth-order valence-corrected chi connectivity index (χ4v) is 3.13. The van der Waals surface area contributed by atoms with Crippen LogP contribution in [0.25, 0.3) is 0 Å². The summed E-state index contributed by atoms with van der Waals surface area (Å²) in [6, 6.07) is 0. The molecule has 1 saturated heterocycles. The van der Waals surface area contributed by atoms with E-state index in [1.54, 1.807) is 4.90 Å². The van der Waals surface area contributed by atoms with Gasteiger partial charge in [0.05, 0.1) is 16.9 Å². The summed E-state index contributed by atoms with van der Waals surface area (Å²) in [4.78, 5) is 25.9. The highest BCUT2D eigenvalue weighted by molar-refractivity contribution is 7.80. The number of hydrogen-bond acceptors (Lipinski definition) is 3.